The molecule has 3 nitrogen and oxygen atoms in total. The largest absolute Gasteiger partial charge is 0.394 e. The van der Waals surface area contributed by atoms with Gasteiger partial charge < -0.3 is 15.2 Å². The molecule has 0 aromatic carbocycles. The average Bonchev–Trinajstić information content (AvgIpc) is 2.62. The Labute approximate surface area is 86.8 Å². The number of aliphatic hydroxyl groups excluding tert-OH is 1. The smallest absolute Gasteiger partial charge is 0.0616 e. The molecule has 14 heavy (non-hydrogen) atoms. The topological polar surface area (TPSA) is 41.5 Å². The minimum atomic E-state index is -0.0206. The summed E-state index contributed by atoms with van der Waals surface area (Å²) in [6, 6.07) is 0. The first-order chi connectivity index (χ1) is 6.79. The predicted molar refractivity (Wildman–Crippen MR) is 57.3 cm³/mol. The molecule has 0 aliphatic heterocycles. The molecule has 2 N–H and O–H groups in total. The number of hydrogen-bond donors (Lipinski definition) is 2. The quantitative estimate of drug-likeness (QED) is 0.634. The van der Waals surface area contributed by atoms with E-state index in [9.17, 15) is 5.11 Å². The Morgan fingerprint density at radius 3 is 2.93 bits per heavy atom. The van der Waals surface area contributed by atoms with Crippen molar-refractivity contribution in [3.8, 4) is 0 Å². The number of hydrogen-bond acceptors (Lipinski definition) is 3. The van der Waals surface area contributed by atoms with Crippen LogP contribution in [0, 0.1) is 5.92 Å². The predicted octanol–water partition coefficient (Wildman–Crippen LogP) is 1.16. The molecule has 0 aromatic heterocycles. The molecular formula is C11H23NO2. The van der Waals surface area contributed by atoms with E-state index in [1.165, 1.54) is 12.8 Å². The van der Waals surface area contributed by atoms with Gasteiger partial charge in [0.15, 0.2) is 0 Å². The maximum absolute atomic E-state index is 9.51. The molecule has 0 bridgehead atoms. The summed E-state index contributed by atoms with van der Waals surface area (Å²) < 4.78 is 5.02. The van der Waals surface area contributed by atoms with E-state index in [1.807, 2.05) is 0 Å². The van der Waals surface area contributed by atoms with E-state index in [-0.39, 0.29) is 12.1 Å². The number of nitrogens with one attached hydrogen (secondary N) is 1. The van der Waals surface area contributed by atoms with Crippen LogP contribution in [-0.4, -0.2) is 37.5 Å². The standard InChI is InChI=1S/C11H23NO2/c1-3-10-5-4-6-11(10,9-13)12-7-8-14-2/h10,12-13H,3-9H2,1-2H3. The second kappa shape index (κ2) is 5.69. The molecule has 0 radical (unpaired) electrons. The highest BCUT2D eigenvalue weighted by atomic mass is 16.5. The summed E-state index contributed by atoms with van der Waals surface area (Å²) in [5, 5.41) is 13.0. The molecule has 1 rings (SSSR count). The molecule has 2 unspecified atom stereocenters. The SMILES string of the molecule is CCC1CCCC1(CO)NCCOC. The zero-order valence-corrected chi connectivity index (χ0v) is 9.38. The Balaban J connectivity index is 2.46. The molecule has 84 valence electrons. The van der Waals surface area contributed by atoms with E-state index >= 15 is 0 Å². The molecule has 1 aliphatic rings. The van der Waals surface area contributed by atoms with Crippen molar-refractivity contribution in [2.75, 3.05) is 26.9 Å². The lowest BCUT2D eigenvalue weighted by molar-refractivity contribution is 0.107. The third kappa shape index (κ3) is 2.47. The minimum Gasteiger partial charge on any atom is -0.394 e. The van der Waals surface area contributed by atoms with Gasteiger partial charge in [-0.05, 0) is 18.8 Å². The second-order valence-electron chi connectivity index (χ2n) is 4.23. The summed E-state index contributed by atoms with van der Waals surface area (Å²) >= 11 is 0. The first-order valence-corrected chi connectivity index (χ1v) is 5.64. The average molecular weight is 201 g/mol. The van der Waals surface area contributed by atoms with Gasteiger partial charge in [-0.15, -0.1) is 0 Å². The van der Waals surface area contributed by atoms with Crippen LogP contribution in [0.2, 0.25) is 0 Å². The lowest BCUT2D eigenvalue weighted by Crippen LogP contribution is -2.52. The van der Waals surface area contributed by atoms with Gasteiger partial charge in [0.2, 0.25) is 0 Å². The first kappa shape index (κ1) is 12.0. The number of methoxy groups -OCH3 is 1. The molecule has 0 saturated heterocycles. The Morgan fingerprint density at radius 1 is 1.57 bits per heavy atom. The summed E-state index contributed by atoms with van der Waals surface area (Å²) in [6.07, 6.45) is 4.74. The zero-order valence-electron chi connectivity index (χ0n) is 9.38. The summed E-state index contributed by atoms with van der Waals surface area (Å²) in [6.45, 7) is 4.03. The highest BCUT2D eigenvalue weighted by Gasteiger charge is 2.40. The molecule has 3 heteroatoms. The Morgan fingerprint density at radius 2 is 2.36 bits per heavy atom. The van der Waals surface area contributed by atoms with Gasteiger partial charge in [-0.25, -0.2) is 0 Å². The van der Waals surface area contributed by atoms with Crippen LogP contribution in [0.25, 0.3) is 0 Å². The molecule has 0 spiro atoms. The van der Waals surface area contributed by atoms with Crippen LogP contribution in [0.1, 0.15) is 32.6 Å². The molecule has 1 aliphatic carbocycles. The fourth-order valence-corrected chi connectivity index (χ4v) is 2.64. The van der Waals surface area contributed by atoms with Gasteiger partial charge in [0.25, 0.3) is 0 Å². The van der Waals surface area contributed by atoms with Crippen LogP contribution in [0.3, 0.4) is 0 Å². The van der Waals surface area contributed by atoms with Crippen molar-refractivity contribution in [3.63, 3.8) is 0 Å². The fourth-order valence-electron chi connectivity index (χ4n) is 2.64. The summed E-state index contributed by atoms with van der Waals surface area (Å²) in [4.78, 5) is 0. The third-order valence-electron chi connectivity index (χ3n) is 3.52. The first-order valence-electron chi connectivity index (χ1n) is 5.64. The van der Waals surface area contributed by atoms with E-state index < -0.39 is 0 Å². The van der Waals surface area contributed by atoms with Crippen molar-refractivity contribution in [1.82, 2.24) is 5.32 Å². The van der Waals surface area contributed by atoms with Gasteiger partial charge in [0, 0.05) is 19.2 Å². The van der Waals surface area contributed by atoms with Crippen LogP contribution in [0.5, 0.6) is 0 Å². The van der Waals surface area contributed by atoms with E-state index in [0.29, 0.717) is 5.92 Å². The Kier molecular flexibility index (Phi) is 4.85. The summed E-state index contributed by atoms with van der Waals surface area (Å²) in [5.41, 5.74) is -0.0206. The van der Waals surface area contributed by atoms with Crippen LogP contribution >= 0.6 is 0 Å². The maximum Gasteiger partial charge on any atom is 0.0616 e. The lowest BCUT2D eigenvalue weighted by Gasteiger charge is -2.34. The number of aliphatic hydroxyl groups is 1. The lowest BCUT2D eigenvalue weighted by atomic mass is 9.86. The van der Waals surface area contributed by atoms with E-state index in [1.54, 1.807) is 7.11 Å². The summed E-state index contributed by atoms with van der Waals surface area (Å²) in [5.74, 6) is 0.629. The monoisotopic (exact) mass is 201 g/mol. The number of rotatable bonds is 6. The van der Waals surface area contributed by atoms with Crippen LogP contribution in [-0.2, 0) is 4.74 Å². The fraction of sp³-hybridized carbons (Fsp3) is 1.00. The Hall–Kier alpha value is -0.120. The van der Waals surface area contributed by atoms with Crippen molar-refractivity contribution < 1.29 is 9.84 Å². The molecule has 2 atom stereocenters. The normalized spacial score (nSPS) is 32.4. The van der Waals surface area contributed by atoms with Crippen molar-refractivity contribution in [1.29, 1.82) is 0 Å². The molecule has 1 saturated carbocycles. The van der Waals surface area contributed by atoms with Crippen molar-refractivity contribution in [2.45, 2.75) is 38.1 Å². The zero-order chi connectivity index (χ0) is 10.4. The van der Waals surface area contributed by atoms with Gasteiger partial charge in [0.1, 0.15) is 0 Å². The van der Waals surface area contributed by atoms with Crippen LogP contribution < -0.4 is 5.32 Å². The van der Waals surface area contributed by atoms with Gasteiger partial charge in [-0.3, -0.25) is 0 Å². The molecular weight excluding hydrogens is 178 g/mol. The molecule has 0 aromatic rings. The molecule has 1 fully saturated rings. The van der Waals surface area contributed by atoms with Crippen molar-refractivity contribution >= 4 is 0 Å². The molecule has 0 amide bonds. The van der Waals surface area contributed by atoms with Crippen molar-refractivity contribution in [3.05, 3.63) is 0 Å². The van der Waals surface area contributed by atoms with Crippen LogP contribution in [0.15, 0.2) is 0 Å². The van der Waals surface area contributed by atoms with Crippen LogP contribution in [0.4, 0.5) is 0 Å². The van der Waals surface area contributed by atoms with E-state index in [4.69, 9.17) is 4.74 Å². The highest BCUT2D eigenvalue weighted by molar-refractivity contribution is 4.98. The minimum absolute atomic E-state index is 0.0206. The van der Waals surface area contributed by atoms with Gasteiger partial charge in [-0.2, -0.15) is 0 Å². The maximum atomic E-state index is 9.51. The second-order valence-corrected chi connectivity index (χ2v) is 4.23. The van der Waals surface area contributed by atoms with E-state index in [2.05, 4.69) is 12.2 Å². The van der Waals surface area contributed by atoms with Gasteiger partial charge in [0.05, 0.1) is 13.2 Å². The number of ether oxygens (including phenoxy) is 1. The molecule has 0 heterocycles. The van der Waals surface area contributed by atoms with Crippen molar-refractivity contribution in [2.24, 2.45) is 5.92 Å². The third-order valence-corrected chi connectivity index (χ3v) is 3.52. The van der Waals surface area contributed by atoms with Gasteiger partial charge >= 0.3 is 0 Å². The summed E-state index contributed by atoms with van der Waals surface area (Å²) in [7, 11) is 1.71. The van der Waals surface area contributed by atoms with E-state index in [0.717, 1.165) is 26.0 Å². The Bertz CT molecular complexity index is 163. The highest BCUT2D eigenvalue weighted by Crippen LogP contribution is 2.37. The van der Waals surface area contributed by atoms with Gasteiger partial charge in [-0.1, -0.05) is 19.8 Å².